The first-order chi connectivity index (χ1) is 11.5. The van der Waals surface area contributed by atoms with Crippen molar-refractivity contribution in [3.63, 3.8) is 0 Å². The molecule has 0 radical (unpaired) electrons. The van der Waals surface area contributed by atoms with Gasteiger partial charge in [0.25, 0.3) is 0 Å². The quantitative estimate of drug-likeness (QED) is 0.460. The Morgan fingerprint density at radius 1 is 1.17 bits per heavy atom. The van der Waals surface area contributed by atoms with E-state index in [1.807, 2.05) is 24.3 Å². The molecule has 0 spiro atoms. The predicted molar refractivity (Wildman–Crippen MR) is 88.4 cm³/mol. The van der Waals surface area contributed by atoms with Gasteiger partial charge in [-0.2, -0.15) is 0 Å². The highest BCUT2D eigenvalue weighted by atomic mass is 16.5. The van der Waals surface area contributed by atoms with E-state index in [-0.39, 0.29) is 12.5 Å². The van der Waals surface area contributed by atoms with E-state index in [0.29, 0.717) is 19.4 Å². The minimum Gasteiger partial charge on any atom is -0.468 e. The highest BCUT2D eigenvalue weighted by Gasteiger charge is 2.58. The molecule has 0 amide bonds. The van der Waals surface area contributed by atoms with Crippen molar-refractivity contribution in [3.8, 4) is 0 Å². The second-order valence-electron chi connectivity index (χ2n) is 6.10. The molecular formula is C18H25NO5. The lowest BCUT2D eigenvalue weighted by molar-refractivity contribution is -0.172. The highest BCUT2D eigenvalue weighted by molar-refractivity contribution is 6.01. The number of carbonyl (C=O) groups is 2. The fourth-order valence-corrected chi connectivity index (χ4v) is 3.81. The summed E-state index contributed by atoms with van der Waals surface area (Å²) >= 11 is 0. The molecule has 2 rings (SSSR count). The van der Waals surface area contributed by atoms with E-state index in [2.05, 4.69) is 0 Å². The Balaban J connectivity index is 2.55. The van der Waals surface area contributed by atoms with Crippen LogP contribution in [0.5, 0.6) is 0 Å². The van der Waals surface area contributed by atoms with E-state index < -0.39 is 23.3 Å². The summed E-state index contributed by atoms with van der Waals surface area (Å²) < 4.78 is 15.1. The summed E-state index contributed by atoms with van der Waals surface area (Å²) in [6.07, 6.45) is 1.39. The zero-order chi connectivity index (χ0) is 17.7. The number of hydrogen-bond acceptors (Lipinski definition) is 6. The van der Waals surface area contributed by atoms with Crippen LogP contribution in [0.25, 0.3) is 0 Å². The average Bonchev–Trinajstić information content (AvgIpc) is 2.94. The topological polar surface area (TPSA) is 87.8 Å². The van der Waals surface area contributed by atoms with Crippen LogP contribution in [0.15, 0.2) is 24.3 Å². The van der Waals surface area contributed by atoms with Gasteiger partial charge < -0.3 is 19.9 Å². The SMILES string of the molecule is COCCCC(C(=O)OC)(C(=O)OC)[C@@H]1c2ccccc2CC1N. The van der Waals surface area contributed by atoms with Crippen LogP contribution in [-0.4, -0.2) is 45.9 Å². The lowest BCUT2D eigenvalue weighted by atomic mass is 9.68. The fourth-order valence-electron chi connectivity index (χ4n) is 3.81. The van der Waals surface area contributed by atoms with Crippen LogP contribution in [-0.2, 0) is 30.2 Å². The molecule has 132 valence electrons. The van der Waals surface area contributed by atoms with Gasteiger partial charge in [0.15, 0.2) is 5.41 Å². The van der Waals surface area contributed by atoms with Crippen molar-refractivity contribution in [1.82, 2.24) is 0 Å². The Morgan fingerprint density at radius 2 is 1.79 bits per heavy atom. The van der Waals surface area contributed by atoms with E-state index in [9.17, 15) is 9.59 Å². The van der Waals surface area contributed by atoms with Gasteiger partial charge in [-0.15, -0.1) is 0 Å². The largest absolute Gasteiger partial charge is 0.468 e. The molecule has 0 fully saturated rings. The van der Waals surface area contributed by atoms with Crippen LogP contribution < -0.4 is 5.73 Å². The molecule has 1 aliphatic carbocycles. The molecule has 0 heterocycles. The van der Waals surface area contributed by atoms with Crippen LogP contribution in [0.3, 0.4) is 0 Å². The second-order valence-corrected chi connectivity index (χ2v) is 6.10. The van der Waals surface area contributed by atoms with Gasteiger partial charge in [0, 0.05) is 25.7 Å². The third-order valence-electron chi connectivity index (χ3n) is 4.82. The fraction of sp³-hybridized carbons (Fsp3) is 0.556. The molecular weight excluding hydrogens is 310 g/mol. The number of fused-ring (bicyclic) bond motifs is 1. The first-order valence-electron chi connectivity index (χ1n) is 8.02. The smallest absolute Gasteiger partial charge is 0.323 e. The number of carbonyl (C=O) groups excluding carboxylic acids is 2. The van der Waals surface area contributed by atoms with Gasteiger partial charge in [-0.25, -0.2) is 0 Å². The number of ether oxygens (including phenoxy) is 3. The maximum Gasteiger partial charge on any atom is 0.323 e. The Morgan fingerprint density at radius 3 is 2.38 bits per heavy atom. The number of benzene rings is 1. The Bertz CT molecular complexity index is 585. The average molecular weight is 335 g/mol. The number of hydrogen-bond donors (Lipinski definition) is 1. The summed E-state index contributed by atoms with van der Waals surface area (Å²) in [6.45, 7) is 0.430. The molecule has 24 heavy (non-hydrogen) atoms. The van der Waals surface area contributed by atoms with Gasteiger partial charge in [-0.05, 0) is 30.4 Å². The van der Waals surface area contributed by atoms with Crippen molar-refractivity contribution >= 4 is 11.9 Å². The van der Waals surface area contributed by atoms with Crippen LogP contribution in [0.2, 0.25) is 0 Å². The van der Waals surface area contributed by atoms with Crippen molar-refractivity contribution < 1.29 is 23.8 Å². The molecule has 0 saturated heterocycles. The monoisotopic (exact) mass is 335 g/mol. The summed E-state index contributed by atoms with van der Waals surface area (Å²) in [6, 6.07) is 7.35. The highest BCUT2D eigenvalue weighted by Crippen LogP contribution is 2.49. The van der Waals surface area contributed by atoms with Gasteiger partial charge in [0.05, 0.1) is 14.2 Å². The summed E-state index contributed by atoms with van der Waals surface area (Å²) in [5.41, 5.74) is 6.86. The molecule has 0 aliphatic heterocycles. The molecule has 1 aromatic carbocycles. The molecule has 6 heteroatoms. The van der Waals surface area contributed by atoms with Crippen molar-refractivity contribution in [1.29, 1.82) is 0 Å². The van der Waals surface area contributed by atoms with E-state index in [4.69, 9.17) is 19.9 Å². The number of nitrogens with two attached hydrogens (primary N) is 1. The molecule has 1 aromatic rings. The lowest BCUT2D eigenvalue weighted by Crippen LogP contribution is -2.50. The first-order valence-corrected chi connectivity index (χ1v) is 8.02. The van der Waals surface area contributed by atoms with E-state index in [0.717, 1.165) is 11.1 Å². The van der Waals surface area contributed by atoms with E-state index in [1.165, 1.54) is 14.2 Å². The first kappa shape index (κ1) is 18.4. The normalized spacial score (nSPS) is 19.7. The maximum atomic E-state index is 12.8. The van der Waals surface area contributed by atoms with Crippen LogP contribution in [0, 0.1) is 5.41 Å². The lowest BCUT2D eigenvalue weighted by Gasteiger charge is -2.36. The Labute approximate surface area is 142 Å². The van der Waals surface area contributed by atoms with E-state index in [1.54, 1.807) is 7.11 Å². The van der Waals surface area contributed by atoms with Crippen molar-refractivity contribution in [2.75, 3.05) is 27.9 Å². The zero-order valence-electron chi connectivity index (χ0n) is 14.4. The molecule has 1 aliphatic rings. The van der Waals surface area contributed by atoms with Crippen molar-refractivity contribution in [3.05, 3.63) is 35.4 Å². The minimum absolute atomic E-state index is 0.257. The van der Waals surface area contributed by atoms with E-state index >= 15 is 0 Å². The van der Waals surface area contributed by atoms with Crippen LogP contribution in [0.4, 0.5) is 0 Å². The zero-order valence-corrected chi connectivity index (χ0v) is 14.4. The number of rotatable bonds is 7. The molecule has 0 bridgehead atoms. The van der Waals surface area contributed by atoms with Crippen LogP contribution in [0.1, 0.15) is 29.9 Å². The summed E-state index contributed by atoms with van der Waals surface area (Å²) in [5.74, 6) is -1.70. The van der Waals surface area contributed by atoms with Crippen molar-refractivity contribution in [2.45, 2.75) is 31.2 Å². The molecule has 0 aromatic heterocycles. The second kappa shape index (κ2) is 7.77. The van der Waals surface area contributed by atoms with Gasteiger partial charge in [0.1, 0.15) is 0 Å². The standard InChI is InChI=1S/C18H25NO5/c1-22-10-6-9-18(16(20)23-2,17(21)24-3)15-13-8-5-4-7-12(13)11-14(15)19/h4-5,7-8,14-15H,6,9-11,19H2,1-3H3/t14?,15-/m1/s1. The van der Waals surface area contributed by atoms with Gasteiger partial charge in [0.2, 0.25) is 0 Å². The van der Waals surface area contributed by atoms with Gasteiger partial charge >= 0.3 is 11.9 Å². The molecule has 0 saturated carbocycles. The summed E-state index contributed by atoms with van der Waals surface area (Å²) in [5, 5.41) is 0. The molecule has 2 atom stereocenters. The third-order valence-corrected chi connectivity index (χ3v) is 4.82. The third kappa shape index (κ3) is 3.03. The predicted octanol–water partition coefficient (Wildman–Crippen LogP) is 1.41. The summed E-state index contributed by atoms with van der Waals surface area (Å²) in [4.78, 5) is 25.5. The molecule has 6 nitrogen and oxygen atoms in total. The van der Waals surface area contributed by atoms with Gasteiger partial charge in [-0.1, -0.05) is 24.3 Å². The maximum absolute atomic E-state index is 12.8. The van der Waals surface area contributed by atoms with Crippen molar-refractivity contribution in [2.24, 2.45) is 11.1 Å². The Hall–Kier alpha value is -1.92. The molecule has 2 N–H and O–H groups in total. The summed E-state index contributed by atoms with van der Waals surface area (Å²) in [7, 11) is 4.14. The number of methoxy groups -OCH3 is 3. The number of esters is 2. The van der Waals surface area contributed by atoms with Crippen LogP contribution >= 0.6 is 0 Å². The Kier molecular flexibility index (Phi) is 5.96. The van der Waals surface area contributed by atoms with Gasteiger partial charge in [-0.3, -0.25) is 9.59 Å². The molecule has 1 unspecified atom stereocenters. The minimum atomic E-state index is -1.46.